The van der Waals surface area contributed by atoms with Gasteiger partial charge in [-0.2, -0.15) is 13.2 Å². The summed E-state index contributed by atoms with van der Waals surface area (Å²) in [5.74, 6) is -0.532. The minimum absolute atomic E-state index is 0.0543. The minimum Gasteiger partial charge on any atom is -0.345 e. The molecule has 28 heavy (non-hydrogen) atoms. The molecular weight excluding hydrogens is 401 g/mol. The molecule has 3 rings (SSSR count). The fourth-order valence-corrected chi connectivity index (χ4v) is 3.30. The molecule has 13 heteroatoms. The summed E-state index contributed by atoms with van der Waals surface area (Å²) in [4.78, 5) is 12.3. The van der Waals surface area contributed by atoms with Crippen LogP contribution in [0.15, 0.2) is 35.5 Å². The van der Waals surface area contributed by atoms with E-state index in [1.807, 2.05) is 0 Å². The van der Waals surface area contributed by atoms with Crippen LogP contribution in [-0.4, -0.2) is 40.5 Å². The standard InChI is InChI=1S/C15H15F3N6O3S/c1-19-28(26,27)10-5-11(23(2)8-10)14(25)20-6-13-22-21-12-4-3-9(7-24(12)13)15(16,17)18/h3-5,7-8,19H,6H2,1-2H3,(H,20,25). The van der Waals surface area contributed by atoms with Gasteiger partial charge in [-0.05, 0) is 25.2 Å². The second-order valence-corrected chi connectivity index (χ2v) is 7.71. The number of nitrogens with one attached hydrogen (secondary N) is 2. The second-order valence-electron chi connectivity index (χ2n) is 5.82. The van der Waals surface area contributed by atoms with Crippen molar-refractivity contribution in [1.82, 2.24) is 29.2 Å². The number of nitrogens with zero attached hydrogens (tertiary/aromatic N) is 4. The van der Waals surface area contributed by atoms with Gasteiger partial charge in [0.25, 0.3) is 5.91 Å². The quantitative estimate of drug-likeness (QED) is 0.643. The summed E-state index contributed by atoms with van der Waals surface area (Å²) >= 11 is 0. The molecule has 0 aliphatic carbocycles. The zero-order valence-electron chi connectivity index (χ0n) is 14.6. The highest BCUT2D eigenvalue weighted by Gasteiger charge is 2.31. The molecule has 0 saturated heterocycles. The van der Waals surface area contributed by atoms with Gasteiger partial charge in [0.15, 0.2) is 11.5 Å². The lowest BCUT2D eigenvalue weighted by molar-refractivity contribution is -0.137. The zero-order valence-corrected chi connectivity index (χ0v) is 15.5. The number of sulfonamides is 1. The van der Waals surface area contributed by atoms with Crippen LogP contribution in [0.3, 0.4) is 0 Å². The molecule has 0 bridgehead atoms. The molecule has 150 valence electrons. The number of carbonyl (C=O) groups excluding carboxylic acids is 1. The average molecular weight is 416 g/mol. The molecule has 9 nitrogen and oxygen atoms in total. The molecule has 0 aromatic carbocycles. The van der Waals surface area contributed by atoms with Gasteiger partial charge in [0.05, 0.1) is 12.1 Å². The van der Waals surface area contributed by atoms with Gasteiger partial charge in [-0.3, -0.25) is 9.20 Å². The summed E-state index contributed by atoms with van der Waals surface area (Å²) in [5.41, 5.74) is -0.631. The SMILES string of the molecule is CNS(=O)(=O)c1cc(C(=O)NCc2nnc3ccc(C(F)(F)F)cn23)n(C)c1. The Labute approximate surface area is 157 Å². The number of amides is 1. The topological polar surface area (TPSA) is 110 Å². The van der Waals surface area contributed by atoms with Crippen LogP contribution in [0.2, 0.25) is 0 Å². The molecule has 0 fully saturated rings. The first-order valence-corrected chi connectivity index (χ1v) is 9.30. The number of alkyl halides is 3. The van der Waals surface area contributed by atoms with E-state index in [-0.39, 0.29) is 28.6 Å². The highest BCUT2D eigenvalue weighted by molar-refractivity contribution is 7.89. The first-order chi connectivity index (χ1) is 13.0. The molecule has 3 heterocycles. The summed E-state index contributed by atoms with van der Waals surface area (Å²) in [6.45, 7) is -0.208. The predicted octanol–water partition coefficient (Wildman–Crippen LogP) is 0.925. The Morgan fingerprint density at radius 2 is 1.93 bits per heavy atom. The summed E-state index contributed by atoms with van der Waals surface area (Å²) in [6, 6.07) is 3.25. The third kappa shape index (κ3) is 3.71. The van der Waals surface area contributed by atoms with E-state index in [9.17, 15) is 26.4 Å². The number of fused-ring (bicyclic) bond motifs is 1. The van der Waals surface area contributed by atoms with E-state index < -0.39 is 27.7 Å². The van der Waals surface area contributed by atoms with Gasteiger partial charge in [0, 0.05) is 19.4 Å². The highest BCUT2D eigenvalue weighted by atomic mass is 32.2. The van der Waals surface area contributed by atoms with Crippen molar-refractivity contribution in [3.8, 4) is 0 Å². The van der Waals surface area contributed by atoms with Crippen LogP contribution in [0.25, 0.3) is 5.65 Å². The molecule has 0 aliphatic heterocycles. The van der Waals surface area contributed by atoms with Crippen LogP contribution >= 0.6 is 0 Å². The van der Waals surface area contributed by atoms with E-state index in [4.69, 9.17) is 0 Å². The monoisotopic (exact) mass is 416 g/mol. The summed E-state index contributed by atoms with van der Waals surface area (Å²) in [7, 11) is -0.987. The fraction of sp³-hybridized carbons (Fsp3) is 0.267. The number of halogens is 3. The van der Waals surface area contributed by atoms with Gasteiger partial charge in [-0.1, -0.05) is 0 Å². The molecule has 0 radical (unpaired) electrons. The molecule has 0 aliphatic rings. The zero-order chi connectivity index (χ0) is 20.7. The number of hydrogen-bond acceptors (Lipinski definition) is 5. The van der Waals surface area contributed by atoms with E-state index >= 15 is 0 Å². The highest BCUT2D eigenvalue weighted by Crippen LogP contribution is 2.29. The molecule has 1 amide bonds. The molecule has 0 saturated carbocycles. The Hall–Kier alpha value is -2.93. The maximum Gasteiger partial charge on any atom is 0.417 e. The number of hydrogen-bond donors (Lipinski definition) is 2. The molecule has 3 aromatic rings. The van der Waals surface area contributed by atoms with Crippen molar-refractivity contribution in [3.05, 3.63) is 47.7 Å². The fourth-order valence-electron chi connectivity index (χ4n) is 2.50. The number of carbonyl (C=O) groups is 1. The van der Waals surface area contributed by atoms with Gasteiger partial charge < -0.3 is 9.88 Å². The van der Waals surface area contributed by atoms with Crippen LogP contribution in [0, 0.1) is 0 Å². The summed E-state index contributed by atoms with van der Waals surface area (Å²) < 4.78 is 66.9. The van der Waals surface area contributed by atoms with Crippen molar-refractivity contribution in [2.45, 2.75) is 17.6 Å². The average Bonchev–Trinajstić information content (AvgIpc) is 3.22. The third-order valence-corrected chi connectivity index (χ3v) is 5.38. The lowest BCUT2D eigenvalue weighted by Gasteiger charge is -2.08. The van der Waals surface area contributed by atoms with E-state index in [0.717, 1.165) is 16.7 Å². The van der Waals surface area contributed by atoms with Crippen molar-refractivity contribution in [2.24, 2.45) is 7.05 Å². The normalized spacial score (nSPS) is 12.5. The van der Waals surface area contributed by atoms with Crippen molar-refractivity contribution in [1.29, 1.82) is 0 Å². The van der Waals surface area contributed by atoms with Crippen molar-refractivity contribution < 1.29 is 26.4 Å². The molecule has 3 aromatic heterocycles. The molecule has 0 spiro atoms. The first-order valence-electron chi connectivity index (χ1n) is 7.82. The maximum absolute atomic E-state index is 12.9. The molecule has 0 atom stereocenters. The van der Waals surface area contributed by atoms with Crippen LogP contribution in [0.5, 0.6) is 0 Å². The van der Waals surface area contributed by atoms with Crippen LogP contribution in [0.1, 0.15) is 21.9 Å². The number of aryl methyl sites for hydroxylation is 1. The molecule has 0 unspecified atom stereocenters. The molecule has 2 N–H and O–H groups in total. The number of pyridine rings is 1. The minimum atomic E-state index is -4.53. The van der Waals surface area contributed by atoms with Gasteiger partial charge in [-0.15, -0.1) is 10.2 Å². The largest absolute Gasteiger partial charge is 0.417 e. The Morgan fingerprint density at radius 1 is 1.21 bits per heavy atom. The maximum atomic E-state index is 12.9. The van der Waals surface area contributed by atoms with Gasteiger partial charge in [0.2, 0.25) is 10.0 Å². The van der Waals surface area contributed by atoms with E-state index in [1.165, 1.54) is 37.0 Å². The van der Waals surface area contributed by atoms with Crippen LogP contribution in [-0.2, 0) is 29.8 Å². The lowest BCUT2D eigenvalue weighted by atomic mass is 10.3. The molecular formula is C15H15F3N6O3S. The number of aromatic nitrogens is 4. The Morgan fingerprint density at radius 3 is 2.57 bits per heavy atom. The predicted molar refractivity (Wildman–Crippen MR) is 90.8 cm³/mol. The second kappa shape index (κ2) is 6.91. The van der Waals surface area contributed by atoms with Crippen molar-refractivity contribution in [3.63, 3.8) is 0 Å². The van der Waals surface area contributed by atoms with E-state index in [1.54, 1.807) is 0 Å². The third-order valence-electron chi connectivity index (χ3n) is 4.00. The van der Waals surface area contributed by atoms with E-state index in [2.05, 4.69) is 20.2 Å². The van der Waals surface area contributed by atoms with Crippen LogP contribution in [0.4, 0.5) is 13.2 Å². The van der Waals surface area contributed by atoms with Gasteiger partial charge >= 0.3 is 6.18 Å². The Balaban J connectivity index is 1.82. The first kappa shape index (κ1) is 19.8. The Kier molecular flexibility index (Phi) is 4.89. The van der Waals surface area contributed by atoms with Crippen molar-refractivity contribution >= 4 is 21.6 Å². The van der Waals surface area contributed by atoms with Gasteiger partial charge in [-0.25, -0.2) is 13.1 Å². The number of rotatable bonds is 5. The lowest BCUT2D eigenvalue weighted by Crippen LogP contribution is -2.26. The van der Waals surface area contributed by atoms with Gasteiger partial charge in [0.1, 0.15) is 10.6 Å². The van der Waals surface area contributed by atoms with Crippen molar-refractivity contribution in [2.75, 3.05) is 7.05 Å². The summed E-state index contributed by atoms with van der Waals surface area (Å²) in [5, 5.41) is 10.0. The Bertz CT molecular complexity index is 1150. The smallest absolute Gasteiger partial charge is 0.345 e. The van der Waals surface area contributed by atoms with Crippen LogP contribution < -0.4 is 10.0 Å². The van der Waals surface area contributed by atoms with E-state index in [0.29, 0.717) is 0 Å². The summed E-state index contributed by atoms with van der Waals surface area (Å²) in [6.07, 6.45) is -2.42.